The molecule has 2 aromatic heterocycles. The Kier molecular flexibility index (Phi) is 20.1. The third-order valence-corrected chi connectivity index (χ3v) is 8.41. The van der Waals surface area contributed by atoms with E-state index >= 15 is 0 Å². The number of aromatic nitrogens is 6. The van der Waals surface area contributed by atoms with Gasteiger partial charge in [-0.05, 0) is 24.3 Å². The van der Waals surface area contributed by atoms with Gasteiger partial charge in [0, 0.05) is 14.1 Å². The normalized spacial score (nSPS) is 11.5. The average Bonchev–Trinajstić information content (AvgIpc) is 3.49. The van der Waals surface area contributed by atoms with Gasteiger partial charge >= 0.3 is 101 Å². The second-order valence-corrected chi connectivity index (χ2v) is 12.5. The summed E-state index contributed by atoms with van der Waals surface area (Å²) in [5, 5.41) is 18.8. The molecule has 4 aromatic rings. The molecular formula is C24H24F6N8Na2O14S2. The van der Waals surface area contributed by atoms with E-state index in [1.807, 2.05) is 0 Å². The maximum Gasteiger partial charge on any atom is 1.00 e. The Morgan fingerprint density at radius 3 is 1.54 bits per heavy atom. The van der Waals surface area contributed by atoms with Crippen LogP contribution in [0, 0.1) is 0 Å². The van der Waals surface area contributed by atoms with Crippen LogP contribution < -0.4 is 99.3 Å². The second-order valence-electron chi connectivity index (χ2n) is 9.23. The zero-order valence-electron chi connectivity index (χ0n) is 29.2. The molecule has 32 heteroatoms. The topological polar surface area (TPSA) is 311 Å². The Morgan fingerprint density at radius 1 is 0.750 bits per heavy atom. The van der Waals surface area contributed by atoms with Crippen molar-refractivity contribution in [1.82, 2.24) is 33.4 Å². The zero-order valence-corrected chi connectivity index (χ0v) is 34.8. The fraction of sp³-hybridized carbons (Fsp3) is 0.250. The minimum Gasteiger partial charge on any atom is -0.870 e. The molecule has 0 aliphatic heterocycles. The molecule has 4 N–H and O–H groups in total. The van der Waals surface area contributed by atoms with Crippen molar-refractivity contribution in [1.29, 1.82) is 0 Å². The van der Waals surface area contributed by atoms with Gasteiger partial charge in [-0.25, -0.2) is 36.7 Å². The Bertz CT molecular complexity index is 2350. The number of alkyl halides is 6. The van der Waals surface area contributed by atoms with E-state index in [1.165, 1.54) is 18.8 Å². The van der Waals surface area contributed by atoms with Crippen molar-refractivity contribution >= 4 is 32.1 Å². The monoisotopic (exact) mass is 872 g/mol. The van der Waals surface area contributed by atoms with Crippen molar-refractivity contribution in [2.24, 2.45) is 18.5 Å². The standard InChI is InChI=1S/2C12H11F3N4O6S.2Na.2H2O/c2*1-18-10(24-2)16-19(11(18)21)9(20)17-26(22,23)8-6-4-3-5-7(8)25-12(13,14)15;;;;/h2*3-6H,1-2H3,(H,17,20);;;2*1H2/q;;2*+1;;/p-2. The van der Waals surface area contributed by atoms with E-state index in [-0.39, 0.29) is 91.5 Å². The largest absolute Gasteiger partial charge is 1.00 e. The zero-order chi connectivity index (χ0) is 39.4. The molecule has 0 atom stereocenters. The molecule has 22 nitrogen and oxygen atoms in total. The molecule has 0 aliphatic carbocycles. The summed E-state index contributed by atoms with van der Waals surface area (Å²) in [4.78, 5) is 33.7. The van der Waals surface area contributed by atoms with Crippen molar-refractivity contribution < 1.29 is 142 Å². The van der Waals surface area contributed by atoms with Crippen molar-refractivity contribution in [3.05, 3.63) is 69.5 Å². The summed E-state index contributed by atoms with van der Waals surface area (Å²) in [6, 6.07) is 3.70. The molecule has 2 aromatic carbocycles. The van der Waals surface area contributed by atoms with Gasteiger partial charge < -0.3 is 35.0 Å². The average molecular weight is 873 g/mol. The van der Waals surface area contributed by atoms with Crippen LogP contribution in [0.3, 0.4) is 0 Å². The number of nitrogens with zero attached hydrogens (tertiary/aromatic N) is 7. The number of ether oxygens (including phenoxy) is 4. The van der Waals surface area contributed by atoms with Crippen molar-refractivity contribution in [2.45, 2.75) is 22.5 Å². The Labute approximate surface area is 353 Å². The molecule has 1 amide bonds. The van der Waals surface area contributed by atoms with Crippen LogP contribution in [0.2, 0.25) is 0 Å². The summed E-state index contributed by atoms with van der Waals surface area (Å²) >= 11 is 0. The van der Waals surface area contributed by atoms with Gasteiger partial charge in [0.05, 0.1) is 14.2 Å². The third kappa shape index (κ3) is 13.5. The molecule has 56 heavy (non-hydrogen) atoms. The maximum absolute atomic E-state index is 12.4. The number of methoxy groups -OCH3 is 2. The van der Waals surface area contributed by atoms with E-state index in [9.17, 15) is 62.7 Å². The number of nitrogens with one attached hydrogen (secondary N) is 1. The molecular weight excluding hydrogens is 848 g/mol. The first-order valence-corrected chi connectivity index (χ1v) is 16.0. The van der Waals surface area contributed by atoms with E-state index in [2.05, 4.69) is 28.8 Å². The van der Waals surface area contributed by atoms with Crippen LogP contribution in [0.1, 0.15) is 0 Å². The molecule has 0 saturated heterocycles. The molecule has 300 valence electrons. The smallest absolute Gasteiger partial charge is 0.870 e. The number of benzene rings is 2. The van der Waals surface area contributed by atoms with Gasteiger partial charge in [-0.2, -0.15) is 17.5 Å². The molecule has 0 saturated carbocycles. The van der Waals surface area contributed by atoms with Crippen LogP contribution >= 0.6 is 0 Å². The molecule has 0 fully saturated rings. The Hall–Kier alpha value is -4.14. The van der Waals surface area contributed by atoms with Gasteiger partial charge in [0.15, 0.2) is 0 Å². The van der Waals surface area contributed by atoms with Crippen LogP contribution in [0.4, 0.5) is 31.1 Å². The fourth-order valence-electron chi connectivity index (χ4n) is 3.61. The predicted molar refractivity (Wildman–Crippen MR) is 161 cm³/mol. The number of carbonyl (C=O) groups excluding carboxylic acids is 1. The van der Waals surface area contributed by atoms with Crippen molar-refractivity contribution in [3.8, 4) is 23.5 Å². The number of rotatable bonds is 8. The van der Waals surface area contributed by atoms with E-state index in [0.717, 1.165) is 71.9 Å². The number of hydrogen-bond acceptors (Lipinski definition) is 15. The first-order chi connectivity index (χ1) is 23.9. The van der Waals surface area contributed by atoms with Crippen LogP contribution in [0.15, 0.2) is 72.3 Å². The van der Waals surface area contributed by atoms with Gasteiger partial charge in [0.1, 0.15) is 27.3 Å². The molecule has 0 aliphatic rings. The van der Waals surface area contributed by atoms with E-state index < -0.39 is 77.5 Å². The molecule has 4 rings (SSSR count). The van der Waals surface area contributed by atoms with Crippen molar-refractivity contribution in [2.75, 3.05) is 14.2 Å². The van der Waals surface area contributed by atoms with Gasteiger partial charge in [0.2, 0.25) is 0 Å². The minimum atomic E-state index is -5.17. The first kappa shape index (κ1) is 54.0. The van der Waals surface area contributed by atoms with Crippen LogP contribution in [-0.2, 0) is 34.1 Å². The number of para-hydroxylation sites is 2. The summed E-state index contributed by atoms with van der Waals surface area (Å²) < 4.78 is 146. The number of hydrogen-bond donors (Lipinski definition) is 1. The van der Waals surface area contributed by atoms with Gasteiger partial charge in [-0.1, -0.05) is 24.3 Å². The van der Waals surface area contributed by atoms with E-state index in [4.69, 9.17) is 4.74 Å². The van der Waals surface area contributed by atoms with Gasteiger partial charge in [0.25, 0.3) is 20.0 Å². The van der Waals surface area contributed by atoms with E-state index in [0.29, 0.717) is 0 Å². The first-order valence-electron chi connectivity index (χ1n) is 13.1. The van der Waals surface area contributed by atoms with Crippen LogP contribution in [-0.4, -0.2) is 95.5 Å². The van der Waals surface area contributed by atoms with Gasteiger partial charge in [-0.3, -0.25) is 0 Å². The second kappa shape index (κ2) is 20.9. The predicted octanol–water partition coefficient (Wildman–Crippen LogP) is -7.12. The molecule has 0 radical (unpaired) electrons. The quantitative estimate of drug-likeness (QED) is 0.0744. The number of halogens is 6. The number of carbonyl (C=O) groups is 1. The van der Waals surface area contributed by atoms with Crippen LogP contribution in [0.5, 0.6) is 23.5 Å². The molecule has 0 bridgehead atoms. The minimum absolute atomic E-state index is 0. The number of amides is 1. The molecule has 0 spiro atoms. The third-order valence-electron chi connectivity index (χ3n) is 5.76. The fourth-order valence-corrected chi connectivity index (χ4v) is 5.66. The van der Waals surface area contributed by atoms with E-state index in [1.54, 1.807) is 0 Å². The van der Waals surface area contributed by atoms with Crippen molar-refractivity contribution in [3.63, 3.8) is 0 Å². The Balaban J connectivity index is 0. The Morgan fingerprint density at radius 2 is 1.12 bits per heavy atom. The summed E-state index contributed by atoms with van der Waals surface area (Å²) in [7, 11) is -5.04. The summed E-state index contributed by atoms with van der Waals surface area (Å²) in [6.07, 6.45) is -10.3. The van der Waals surface area contributed by atoms with Crippen LogP contribution in [0.25, 0.3) is 0 Å². The summed E-state index contributed by atoms with van der Waals surface area (Å²) in [6.45, 7) is 0. The molecule has 2 heterocycles. The summed E-state index contributed by atoms with van der Waals surface area (Å²) in [5.41, 5.74) is -2.10. The SMILES string of the molecule is COc1nn(C(=O)NS(=O)(=O)c2ccccc2OC(F)(F)F)c(=O)n1C.COc1nn(C([O-])=NS(=O)(=O)c2ccccc2OC(F)(F)F)c(=O)n1C.O.[Na+].[Na+].[OH-]. The maximum atomic E-state index is 12.4. The van der Waals surface area contributed by atoms with Gasteiger partial charge in [-0.15, -0.1) is 41.2 Å². The molecule has 0 unspecified atom stereocenters. The number of sulfonamides is 2. The summed E-state index contributed by atoms with van der Waals surface area (Å²) in [5.74, 6) is -2.13.